The molecule has 2 aliphatic rings. The van der Waals surface area contributed by atoms with E-state index in [9.17, 15) is 29.4 Å². The highest BCUT2D eigenvalue weighted by Gasteiger charge is 2.35. The summed E-state index contributed by atoms with van der Waals surface area (Å²) in [6, 6.07) is 2.79. The summed E-state index contributed by atoms with van der Waals surface area (Å²) in [6.07, 6.45) is 3.26. The molecule has 0 aliphatic heterocycles. The molecule has 2 aliphatic carbocycles. The number of hydrogen-bond acceptors (Lipinski definition) is 7. The molecule has 0 spiro atoms. The number of phenols is 2. The van der Waals surface area contributed by atoms with Crippen LogP contribution in [-0.2, 0) is 4.74 Å². The minimum atomic E-state index is -0.650. The second-order valence-electron chi connectivity index (χ2n) is 7.37. The van der Waals surface area contributed by atoms with Gasteiger partial charge in [0.1, 0.15) is 11.5 Å². The smallest absolute Gasteiger partial charge is 0.232 e. The average molecular weight is 418 g/mol. The van der Waals surface area contributed by atoms with Gasteiger partial charge in [0.15, 0.2) is 23.1 Å². The van der Waals surface area contributed by atoms with Gasteiger partial charge in [0, 0.05) is 28.3 Å². The number of ketones is 4. The Morgan fingerprint density at radius 3 is 2.03 bits per heavy atom. The average Bonchev–Trinajstić information content (AvgIpc) is 2.70. The number of carbonyl (C=O) groups is 4. The maximum absolute atomic E-state index is 12.9. The lowest BCUT2D eigenvalue weighted by atomic mass is 9.80. The topological polar surface area (TPSA) is 118 Å². The fourth-order valence-corrected chi connectivity index (χ4v) is 4.12. The molecule has 0 unspecified atom stereocenters. The van der Waals surface area contributed by atoms with E-state index in [1.165, 1.54) is 12.1 Å². The first kappa shape index (κ1) is 20.3. The molecule has 0 amide bonds. The molecule has 0 fully saturated rings. The molecule has 7 nitrogen and oxygen atoms in total. The SMILES string of the molecule is CCOC1=CC(=O)c2cc(C)c(-c3c(C)cc(O)c4c3C(=O)C=CC4=O)c(O)c2C1=O. The summed E-state index contributed by atoms with van der Waals surface area (Å²) in [5.74, 6) is -3.20. The summed E-state index contributed by atoms with van der Waals surface area (Å²) in [4.78, 5) is 50.6. The van der Waals surface area contributed by atoms with Crippen molar-refractivity contribution < 1.29 is 34.1 Å². The number of aromatic hydroxyl groups is 2. The molecule has 0 aromatic heterocycles. The van der Waals surface area contributed by atoms with Crippen LogP contribution in [0.2, 0.25) is 0 Å². The van der Waals surface area contributed by atoms with Crippen LogP contribution in [0.5, 0.6) is 11.5 Å². The largest absolute Gasteiger partial charge is 0.507 e. The second kappa shape index (κ2) is 7.05. The lowest BCUT2D eigenvalue weighted by molar-refractivity contribution is 0.0889. The number of ether oxygens (including phenoxy) is 1. The van der Waals surface area contributed by atoms with Crippen molar-refractivity contribution in [2.45, 2.75) is 20.8 Å². The van der Waals surface area contributed by atoms with E-state index in [0.717, 1.165) is 18.2 Å². The van der Waals surface area contributed by atoms with Crippen LogP contribution in [0.25, 0.3) is 11.1 Å². The molecule has 0 saturated carbocycles. The standard InChI is InChI=1S/C24H18O7/c1-4-31-17-9-15(27)12-7-10(2)19(24(30)20(12)23(17)29)18-11(3)8-16(28)21-13(25)5-6-14(26)22(18)21/h5-9,28,30H,4H2,1-3H3. The van der Waals surface area contributed by atoms with Crippen molar-refractivity contribution in [2.24, 2.45) is 0 Å². The maximum atomic E-state index is 12.9. The lowest BCUT2D eigenvalue weighted by Crippen LogP contribution is -2.20. The Labute approximate surface area is 177 Å². The Morgan fingerprint density at radius 1 is 0.774 bits per heavy atom. The first-order valence-corrected chi connectivity index (χ1v) is 9.61. The maximum Gasteiger partial charge on any atom is 0.232 e. The Hall–Kier alpha value is -4.00. The molecule has 0 saturated heterocycles. The van der Waals surface area contributed by atoms with Crippen LogP contribution >= 0.6 is 0 Å². The number of Topliss-reactive ketones (excluding diaryl/α,β-unsaturated/α-hetero) is 1. The number of aryl methyl sites for hydroxylation is 2. The molecule has 0 heterocycles. The first-order chi connectivity index (χ1) is 14.7. The van der Waals surface area contributed by atoms with Gasteiger partial charge in [0.2, 0.25) is 5.78 Å². The van der Waals surface area contributed by atoms with Crippen LogP contribution < -0.4 is 0 Å². The van der Waals surface area contributed by atoms with Gasteiger partial charge in [-0.2, -0.15) is 0 Å². The number of allylic oxidation sites excluding steroid dienone is 4. The molecule has 0 radical (unpaired) electrons. The molecule has 4 rings (SSSR count). The second-order valence-corrected chi connectivity index (χ2v) is 7.37. The van der Waals surface area contributed by atoms with Gasteiger partial charge >= 0.3 is 0 Å². The van der Waals surface area contributed by atoms with Crippen LogP contribution in [0, 0.1) is 13.8 Å². The third kappa shape index (κ3) is 2.89. The molecule has 0 bridgehead atoms. The van der Waals surface area contributed by atoms with Crippen LogP contribution in [0.3, 0.4) is 0 Å². The van der Waals surface area contributed by atoms with E-state index in [4.69, 9.17) is 4.74 Å². The van der Waals surface area contributed by atoms with Gasteiger partial charge < -0.3 is 14.9 Å². The van der Waals surface area contributed by atoms with Crippen LogP contribution in [0.1, 0.15) is 59.5 Å². The van der Waals surface area contributed by atoms with Crippen LogP contribution in [0.4, 0.5) is 0 Å². The zero-order chi connectivity index (χ0) is 22.6. The summed E-state index contributed by atoms with van der Waals surface area (Å²) in [6.45, 7) is 5.06. The minimum absolute atomic E-state index is 0.0276. The number of fused-ring (bicyclic) bond motifs is 2. The van der Waals surface area contributed by atoms with Gasteiger partial charge in [-0.1, -0.05) is 0 Å². The highest BCUT2D eigenvalue weighted by atomic mass is 16.5. The predicted molar refractivity (Wildman–Crippen MR) is 111 cm³/mol. The number of phenolic OH excluding ortho intramolecular Hbond substituents is 2. The van der Waals surface area contributed by atoms with Gasteiger partial charge in [0.25, 0.3) is 0 Å². The van der Waals surface area contributed by atoms with E-state index in [-0.39, 0.29) is 51.5 Å². The summed E-state index contributed by atoms with van der Waals surface area (Å²) >= 11 is 0. The fourth-order valence-electron chi connectivity index (χ4n) is 4.12. The van der Waals surface area contributed by atoms with E-state index >= 15 is 0 Å². The summed E-state index contributed by atoms with van der Waals surface area (Å²) < 4.78 is 5.25. The monoisotopic (exact) mass is 418 g/mol. The predicted octanol–water partition coefficient (Wildman–Crippen LogP) is 3.62. The molecule has 31 heavy (non-hydrogen) atoms. The lowest BCUT2D eigenvalue weighted by Gasteiger charge is -2.23. The van der Waals surface area contributed by atoms with Gasteiger partial charge in [-0.05, 0) is 56.2 Å². The van der Waals surface area contributed by atoms with E-state index in [1.54, 1.807) is 20.8 Å². The van der Waals surface area contributed by atoms with Gasteiger partial charge in [0.05, 0.1) is 17.7 Å². The minimum Gasteiger partial charge on any atom is -0.507 e. The van der Waals surface area contributed by atoms with Crippen LogP contribution in [0.15, 0.2) is 36.1 Å². The third-order valence-electron chi connectivity index (χ3n) is 5.41. The van der Waals surface area contributed by atoms with Crippen molar-refractivity contribution in [3.63, 3.8) is 0 Å². The summed E-state index contributed by atoms with van der Waals surface area (Å²) in [5, 5.41) is 21.5. The molecular formula is C24H18O7. The van der Waals surface area contributed by atoms with E-state index in [0.29, 0.717) is 11.1 Å². The summed E-state index contributed by atoms with van der Waals surface area (Å²) in [5.41, 5.74) is 0.796. The van der Waals surface area contributed by atoms with Crippen molar-refractivity contribution in [3.8, 4) is 22.6 Å². The van der Waals surface area contributed by atoms with Gasteiger partial charge in [-0.3, -0.25) is 19.2 Å². The molecule has 156 valence electrons. The van der Waals surface area contributed by atoms with Gasteiger partial charge in [-0.25, -0.2) is 0 Å². The quantitative estimate of drug-likeness (QED) is 0.782. The molecular weight excluding hydrogens is 400 g/mol. The fraction of sp³-hybridized carbons (Fsp3) is 0.167. The number of hydrogen-bond donors (Lipinski definition) is 2. The zero-order valence-electron chi connectivity index (χ0n) is 17.0. The Bertz CT molecular complexity index is 1290. The van der Waals surface area contributed by atoms with E-state index < -0.39 is 28.9 Å². The third-order valence-corrected chi connectivity index (χ3v) is 5.41. The number of carbonyl (C=O) groups excluding carboxylic acids is 4. The van der Waals surface area contributed by atoms with Crippen molar-refractivity contribution >= 4 is 23.1 Å². The number of benzene rings is 2. The first-order valence-electron chi connectivity index (χ1n) is 9.61. The zero-order valence-corrected chi connectivity index (χ0v) is 17.0. The Morgan fingerprint density at radius 2 is 1.39 bits per heavy atom. The van der Waals surface area contributed by atoms with Crippen molar-refractivity contribution in [1.82, 2.24) is 0 Å². The Balaban J connectivity index is 2.08. The Kier molecular flexibility index (Phi) is 4.61. The van der Waals surface area contributed by atoms with Crippen molar-refractivity contribution in [2.75, 3.05) is 6.61 Å². The molecule has 2 aromatic rings. The molecule has 0 atom stereocenters. The van der Waals surface area contributed by atoms with E-state index in [2.05, 4.69) is 0 Å². The van der Waals surface area contributed by atoms with E-state index in [1.807, 2.05) is 0 Å². The highest BCUT2D eigenvalue weighted by Crippen LogP contribution is 2.45. The van der Waals surface area contributed by atoms with Crippen LogP contribution in [-0.4, -0.2) is 40.0 Å². The van der Waals surface area contributed by atoms with Crippen molar-refractivity contribution in [3.05, 3.63) is 69.5 Å². The highest BCUT2D eigenvalue weighted by molar-refractivity contribution is 6.28. The number of rotatable bonds is 3. The van der Waals surface area contributed by atoms with Gasteiger partial charge in [-0.15, -0.1) is 0 Å². The van der Waals surface area contributed by atoms with Crippen molar-refractivity contribution in [1.29, 1.82) is 0 Å². The molecule has 2 N–H and O–H groups in total. The molecule has 7 heteroatoms. The molecule has 2 aromatic carbocycles. The summed E-state index contributed by atoms with van der Waals surface area (Å²) in [7, 11) is 0. The normalized spacial score (nSPS) is 15.0.